The van der Waals surface area contributed by atoms with Gasteiger partial charge in [-0.25, -0.2) is 13.4 Å². The third-order valence-electron chi connectivity index (χ3n) is 2.85. The quantitative estimate of drug-likeness (QED) is 0.824. The Labute approximate surface area is 121 Å². The van der Waals surface area contributed by atoms with Gasteiger partial charge < -0.3 is 11.5 Å². The van der Waals surface area contributed by atoms with Gasteiger partial charge in [0.05, 0.1) is 22.5 Å². The summed E-state index contributed by atoms with van der Waals surface area (Å²) < 4.78 is 22.8. The number of hydrogen-bond acceptors (Lipinski definition) is 6. The van der Waals surface area contributed by atoms with Crippen molar-refractivity contribution in [3.63, 3.8) is 0 Å². The minimum absolute atomic E-state index is 0.0159. The first-order valence-electron chi connectivity index (χ1n) is 5.99. The van der Waals surface area contributed by atoms with E-state index in [9.17, 15) is 13.2 Å². The molecule has 4 N–H and O–H groups in total. The van der Waals surface area contributed by atoms with Crippen LogP contribution >= 0.6 is 0 Å². The zero-order valence-corrected chi connectivity index (χ0v) is 12.1. The summed E-state index contributed by atoms with van der Waals surface area (Å²) in [5.41, 5.74) is 12.1. The van der Waals surface area contributed by atoms with E-state index in [1.165, 1.54) is 18.3 Å². The number of sulfone groups is 1. The zero-order chi connectivity index (χ0) is 15.6. The minimum Gasteiger partial charge on any atom is -0.364 e. The molecule has 0 aliphatic carbocycles. The Morgan fingerprint density at radius 2 is 1.86 bits per heavy atom. The predicted octanol–water partition coefficient (Wildman–Crippen LogP) is 0.105. The lowest BCUT2D eigenvalue weighted by Gasteiger charge is -2.06. The summed E-state index contributed by atoms with van der Waals surface area (Å²) >= 11 is 0. The average molecular weight is 306 g/mol. The van der Waals surface area contributed by atoms with Gasteiger partial charge in [0, 0.05) is 18.4 Å². The van der Waals surface area contributed by atoms with Crippen LogP contribution in [0.25, 0.3) is 11.3 Å². The molecule has 0 atom stereocenters. The SMILES string of the molecule is CS(=O)(=O)c1ccc(-c2cnc(CN)c(C(N)=O)n2)cc1. The number of hydrogen-bond donors (Lipinski definition) is 2. The number of primary amides is 1. The first-order valence-corrected chi connectivity index (χ1v) is 7.88. The maximum Gasteiger partial charge on any atom is 0.269 e. The van der Waals surface area contributed by atoms with Crippen molar-refractivity contribution in [1.29, 1.82) is 0 Å². The van der Waals surface area contributed by atoms with Crippen molar-refractivity contribution in [2.45, 2.75) is 11.4 Å². The van der Waals surface area contributed by atoms with Gasteiger partial charge in [0.2, 0.25) is 0 Å². The first kappa shape index (κ1) is 15.1. The van der Waals surface area contributed by atoms with Crippen molar-refractivity contribution < 1.29 is 13.2 Å². The molecule has 0 spiro atoms. The maximum atomic E-state index is 11.4. The molecule has 0 saturated heterocycles. The van der Waals surface area contributed by atoms with Crippen molar-refractivity contribution >= 4 is 15.7 Å². The van der Waals surface area contributed by atoms with Crippen molar-refractivity contribution in [2.75, 3.05) is 6.26 Å². The molecule has 0 bridgehead atoms. The van der Waals surface area contributed by atoms with Gasteiger partial charge in [-0.3, -0.25) is 9.78 Å². The van der Waals surface area contributed by atoms with Gasteiger partial charge in [0.25, 0.3) is 5.91 Å². The van der Waals surface area contributed by atoms with Crippen LogP contribution in [0.3, 0.4) is 0 Å². The molecule has 110 valence electrons. The topological polar surface area (TPSA) is 129 Å². The Morgan fingerprint density at radius 1 is 1.24 bits per heavy atom. The van der Waals surface area contributed by atoms with Gasteiger partial charge in [0.1, 0.15) is 0 Å². The van der Waals surface area contributed by atoms with Crippen LogP contribution in [0.2, 0.25) is 0 Å². The van der Waals surface area contributed by atoms with Crippen molar-refractivity contribution in [3.05, 3.63) is 41.9 Å². The van der Waals surface area contributed by atoms with Gasteiger partial charge in [-0.1, -0.05) is 12.1 Å². The van der Waals surface area contributed by atoms with E-state index in [1.807, 2.05) is 0 Å². The number of nitrogens with zero attached hydrogens (tertiary/aromatic N) is 2. The highest BCUT2D eigenvalue weighted by molar-refractivity contribution is 7.90. The Hall–Kier alpha value is -2.32. The number of amides is 1. The van der Waals surface area contributed by atoms with E-state index >= 15 is 0 Å². The molecule has 1 amide bonds. The lowest BCUT2D eigenvalue weighted by Crippen LogP contribution is -2.19. The van der Waals surface area contributed by atoms with Crippen LogP contribution in [0.5, 0.6) is 0 Å². The van der Waals surface area contributed by atoms with E-state index < -0.39 is 15.7 Å². The Morgan fingerprint density at radius 3 is 2.33 bits per heavy atom. The fourth-order valence-electron chi connectivity index (χ4n) is 1.77. The standard InChI is InChI=1S/C13H14N4O3S/c1-21(19,20)9-4-2-8(3-5-9)11-7-16-10(6-14)12(17-11)13(15)18/h2-5,7H,6,14H2,1H3,(H2,15,18). The van der Waals surface area contributed by atoms with E-state index in [-0.39, 0.29) is 17.1 Å². The summed E-state index contributed by atoms with van der Waals surface area (Å²) in [6.45, 7) is 0.0541. The third-order valence-corrected chi connectivity index (χ3v) is 3.98. The fourth-order valence-corrected chi connectivity index (χ4v) is 2.40. The molecule has 0 radical (unpaired) electrons. The number of aromatic nitrogens is 2. The van der Waals surface area contributed by atoms with Crippen LogP contribution in [0.15, 0.2) is 35.4 Å². The summed E-state index contributed by atoms with van der Waals surface area (Å²) in [6.07, 6.45) is 2.59. The van der Waals surface area contributed by atoms with Crippen LogP contribution in [-0.4, -0.2) is 30.5 Å². The summed E-state index contributed by atoms with van der Waals surface area (Å²) in [4.78, 5) is 19.7. The normalized spacial score (nSPS) is 11.3. The largest absolute Gasteiger partial charge is 0.364 e. The van der Waals surface area contributed by atoms with E-state index in [1.54, 1.807) is 12.1 Å². The molecular weight excluding hydrogens is 292 g/mol. The number of carbonyl (C=O) groups excluding carboxylic acids is 1. The third kappa shape index (κ3) is 3.23. The van der Waals surface area contributed by atoms with Crippen LogP contribution in [0.1, 0.15) is 16.2 Å². The number of benzene rings is 1. The molecule has 1 aromatic carbocycles. The van der Waals surface area contributed by atoms with Crippen LogP contribution in [-0.2, 0) is 16.4 Å². The monoisotopic (exact) mass is 306 g/mol. The Kier molecular flexibility index (Phi) is 4.01. The van der Waals surface area contributed by atoms with Crippen LogP contribution < -0.4 is 11.5 Å². The second-order valence-electron chi connectivity index (χ2n) is 4.42. The lowest BCUT2D eigenvalue weighted by atomic mass is 10.1. The first-order chi connectivity index (χ1) is 9.82. The van der Waals surface area contributed by atoms with Gasteiger partial charge in [-0.15, -0.1) is 0 Å². The molecule has 0 aliphatic heterocycles. The Bertz CT molecular complexity index is 786. The highest BCUT2D eigenvalue weighted by Gasteiger charge is 2.13. The molecule has 8 heteroatoms. The summed E-state index contributed by atoms with van der Waals surface area (Å²) in [6, 6.07) is 6.11. The number of rotatable bonds is 4. The molecule has 2 rings (SSSR count). The molecule has 1 heterocycles. The van der Waals surface area contributed by atoms with Gasteiger partial charge >= 0.3 is 0 Å². The molecule has 0 unspecified atom stereocenters. The van der Waals surface area contributed by atoms with Crippen LogP contribution in [0, 0.1) is 0 Å². The molecule has 1 aromatic heterocycles. The molecule has 0 saturated carbocycles. The maximum absolute atomic E-state index is 11.4. The second-order valence-corrected chi connectivity index (χ2v) is 6.43. The second kappa shape index (κ2) is 5.58. The molecular formula is C13H14N4O3S. The van der Waals surface area contributed by atoms with Crippen molar-refractivity contribution in [2.24, 2.45) is 11.5 Å². The van der Waals surface area contributed by atoms with Crippen LogP contribution in [0.4, 0.5) is 0 Å². The molecule has 21 heavy (non-hydrogen) atoms. The minimum atomic E-state index is -3.26. The number of carbonyl (C=O) groups is 1. The predicted molar refractivity (Wildman–Crippen MR) is 77.0 cm³/mol. The highest BCUT2D eigenvalue weighted by Crippen LogP contribution is 2.20. The van der Waals surface area contributed by atoms with E-state index in [0.717, 1.165) is 6.26 Å². The van der Waals surface area contributed by atoms with Gasteiger partial charge in [-0.05, 0) is 12.1 Å². The Balaban J connectivity index is 2.47. The molecule has 2 aromatic rings. The molecule has 0 fully saturated rings. The van der Waals surface area contributed by atoms with Gasteiger partial charge in [-0.2, -0.15) is 0 Å². The van der Waals surface area contributed by atoms with E-state index in [0.29, 0.717) is 17.0 Å². The molecule has 7 nitrogen and oxygen atoms in total. The summed E-state index contributed by atoms with van der Waals surface area (Å²) in [7, 11) is -3.26. The summed E-state index contributed by atoms with van der Waals surface area (Å²) in [5.74, 6) is -0.711. The summed E-state index contributed by atoms with van der Waals surface area (Å²) in [5, 5.41) is 0. The lowest BCUT2D eigenvalue weighted by molar-refractivity contribution is 0.0994. The zero-order valence-electron chi connectivity index (χ0n) is 11.3. The highest BCUT2D eigenvalue weighted by atomic mass is 32.2. The molecule has 0 aliphatic rings. The van der Waals surface area contributed by atoms with Gasteiger partial charge in [0.15, 0.2) is 15.5 Å². The number of nitrogens with two attached hydrogens (primary N) is 2. The van der Waals surface area contributed by atoms with Crippen molar-refractivity contribution in [1.82, 2.24) is 9.97 Å². The van der Waals surface area contributed by atoms with E-state index in [2.05, 4.69) is 9.97 Å². The fraction of sp³-hybridized carbons (Fsp3) is 0.154. The average Bonchev–Trinajstić information content (AvgIpc) is 2.45. The van der Waals surface area contributed by atoms with E-state index in [4.69, 9.17) is 11.5 Å². The smallest absolute Gasteiger partial charge is 0.269 e. The van der Waals surface area contributed by atoms with Crippen molar-refractivity contribution in [3.8, 4) is 11.3 Å².